The quantitative estimate of drug-likeness (QED) is 0.237. The smallest absolute Gasteiger partial charge is 0.113 e. The first-order valence-electron chi connectivity index (χ1n) is 13.5. The Kier molecular flexibility index (Phi) is 14.2. The maximum Gasteiger partial charge on any atom is 0.113 e. The lowest BCUT2D eigenvalue weighted by Crippen LogP contribution is -2.55. The molecule has 0 bridgehead atoms. The van der Waals surface area contributed by atoms with E-state index >= 15 is 0 Å². The van der Waals surface area contributed by atoms with Crippen molar-refractivity contribution >= 4 is 0 Å². The van der Waals surface area contributed by atoms with Crippen LogP contribution in [-0.4, -0.2) is 51.4 Å². The summed E-state index contributed by atoms with van der Waals surface area (Å²) in [6.45, 7) is 1.87. The molecule has 1 aliphatic heterocycles. The first-order valence-corrected chi connectivity index (χ1v) is 13.5. The molecule has 190 valence electrons. The maximum atomic E-state index is 10.5. The summed E-state index contributed by atoms with van der Waals surface area (Å²) >= 11 is 0. The molecule has 1 aromatic rings. The second-order valence-electron chi connectivity index (χ2n) is 9.79. The van der Waals surface area contributed by atoms with Crippen LogP contribution >= 0.6 is 0 Å². The average molecular weight is 465 g/mol. The molecule has 0 radical (unpaired) electrons. The Morgan fingerprint density at radius 2 is 1.18 bits per heavy atom. The van der Waals surface area contributed by atoms with E-state index in [9.17, 15) is 20.4 Å². The molecule has 1 aliphatic rings. The van der Waals surface area contributed by atoms with Crippen LogP contribution < -0.4 is 0 Å². The minimum absolute atomic E-state index is 0.400. The molecule has 2 rings (SSSR count). The molecule has 1 saturated heterocycles. The second-order valence-corrected chi connectivity index (χ2v) is 9.79. The Balaban J connectivity index is 1.63. The monoisotopic (exact) mass is 464 g/mol. The van der Waals surface area contributed by atoms with Crippen LogP contribution in [0.1, 0.15) is 114 Å². The molecule has 5 nitrogen and oxygen atoms in total. The van der Waals surface area contributed by atoms with Crippen molar-refractivity contribution in [1.29, 1.82) is 0 Å². The third-order valence-corrected chi connectivity index (χ3v) is 7.05. The SMILES string of the molecule is CCCCCCCCCCCCCCCCc1ccccc1C1O[C@H](CO)[C@@H](O)[C@H](O)[C@@H]1O. The highest BCUT2D eigenvalue weighted by molar-refractivity contribution is 5.31. The van der Waals surface area contributed by atoms with Crippen molar-refractivity contribution in [3.05, 3.63) is 35.4 Å². The Hall–Kier alpha value is -0.980. The number of ether oxygens (including phenoxy) is 1. The van der Waals surface area contributed by atoms with Crippen LogP contribution in [0.5, 0.6) is 0 Å². The summed E-state index contributed by atoms with van der Waals surface area (Å²) in [4.78, 5) is 0. The van der Waals surface area contributed by atoms with Crippen LogP contribution in [0, 0.1) is 0 Å². The summed E-state index contributed by atoms with van der Waals surface area (Å²) in [6.07, 6.45) is 14.0. The van der Waals surface area contributed by atoms with E-state index in [1.807, 2.05) is 24.3 Å². The zero-order valence-corrected chi connectivity index (χ0v) is 20.7. The Morgan fingerprint density at radius 1 is 0.667 bits per heavy atom. The summed E-state index contributed by atoms with van der Waals surface area (Å²) < 4.78 is 5.77. The van der Waals surface area contributed by atoms with Gasteiger partial charge >= 0.3 is 0 Å². The fourth-order valence-electron chi connectivity index (χ4n) is 4.91. The molecular formula is C28H48O5. The summed E-state index contributed by atoms with van der Waals surface area (Å²) in [5, 5.41) is 40.1. The van der Waals surface area contributed by atoms with Crippen LogP contribution in [0.25, 0.3) is 0 Å². The number of unbranched alkanes of at least 4 members (excludes halogenated alkanes) is 13. The molecule has 0 amide bonds. The van der Waals surface area contributed by atoms with Crippen LogP contribution in [0.15, 0.2) is 24.3 Å². The first-order chi connectivity index (χ1) is 16.1. The van der Waals surface area contributed by atoms with Crippen LogP contribution in [0.2, 0.25) is 0 Å². The van der Waals surface area contributed by atoms with Gasteiger partial charge in [-0.15, -0.1) is 0 Å². The van der Waals surface area contributed by atoms with Gasteiger partial charge in [0.15, 0.2) is 0 Å². The summed E-state index contributed by atoms with van der Waals surface area (Å²) in [5.74, 6) is 0. The number of aliphatic hydroxyl groups is 4. The predicted octanol–water partition coefficient (Wildman–Crippen LogP) is 5.23. The minimum Gasteiger partial charge on any atom is -0.394 e. The molecule has 0 spiro atoms. The van der Waals surface area contributed by atoms with Gasteiger partial charge in [0.25, 0.3) is 0 Å². The van der Waals surface area contributed by atoms with Crippen LogP contribution in [-0.2, 0) is 11.2 Å². The molecule has 1 fully saturated rings. The summed E-state index contributed by atoms with van der Waals surface area (Å²) in [5.41, 5.74) is 1.94. The number of hydrogen-bond donors (Lipinski definition) is 4. The van der Waals surface area contributed by atoms with Crippen molar-refractivity contribution in [3.63, 3.8) is 0 Å². The van der Waals surface area contributed by atoms with Crippen molar-refractivity contribution < 1.29 is 25.2 Å². The highest BCUT2D eigenvalue weighted by Gasteiger charge is 2.44. The van der Waals surface area contributed by atoms with E-state index in [0.29, 0.717) is 0 Å². The topological polar surface area (TPSA) is 90.2 Å². The number of aryl methyl sites for hydroxylation is 1. The molecule has 1 unspecified atom stereocenters. The third-order valence-electron chi connectivity index (χ3n) is 7.05. The maximum absolute atomic E-state index is 10.5. The lowest BCUT2D eigenvalue weighted by Gasteiger charge is -2.40. The fraction of sp³-hybridized carbons (Fsp3) is 0.786. The molecule has 0 saturated carbocycles. The van der Waals surface area contributed by atoms with Crippen LogP contribution in [0.3, 0.4) is 0 Å². The van der Waals surface area contributed by atoms with Gasteiger partial charge in [-0.3, -0.25) is 0 Å². The second kappa shape index (κ2) is 16.6. The van der Waals surface area contributed by atoms with Gasteiger partial charge in [-0.25, -0.2) is 0 Å². The van der Waals surface area contributed by atoms with E-state index in [4.69, 9.17) is 4.74 Å². The number of benzene rings is 1. The zero-order valence-electron chi connectivity index (χ0n) is 20.7. The van der Waals surface area contributed by atoms with E-state index in [1.165, 1.54) is 83.5 Å². The van der Waals surface area contributed by atoms with Gasteiger partial charge in [-0.2, -0.15) is 0 Å². The summed E-state index contributed by atoms with van der Waals surface area (Å²) in [7, 11) is 0. The molecule has 5 heteroatoms. The van der Waals surface area contributed by atoms with Crippen molar-refractivity contribution in [2.24, 2.45) is 0 Å². The van der Waals surface area contributed by atoms with Crippen molar-refractivity contribution in [3.8, 4) is 0 Å². The van der Waals surface area contributed by atoms with Gasteiger partial charge in [0.2, 0.25) is 0 Å². The van der Waals surface area contributed by atoms with E-state index in [2.05, 4.69) is 6.92 Å². The van der Waals surface area contributed by atoms with Gasteiger partial charge in [-0.1, -0.05) is 115 Å². The zero-order chi connectivity index (χ0) is 23.9. The predicted molar refractivity (Wildman–Crippen MR) is 133 cm³/mol. The Bertz CT molecular complexity index is 620. The molecule has 1 aromatic carbocycles. The van der Waals surface area contributed by atoms with Gasteiger partial charge in [0.1, 0.15) is 30.5 Å². The molecule has 33 heavy (non-hydrogen) atoms. The van der Waals surface area contributed by atoms with E-state index in [0.717, 1.165) is 24.0 Å². The standard InChI is InChI=1S/C28H48O5/c1-2-3-4-5-6-7-8-9-10-11-12-13-14-15-18-22-19-16-17-20-23(22)28-27(32)26(31)25(30)24(21-29)33-28/h16-17,19-20,24-32H,2-15,18,21H2,1H3/t24-,25-,26+,27+,28?/m1/s1. The van der Waals surface area contributed by atoms with Gasteiger partial charge in [-0.05, 0) is 24.0 Å². The number of rotatable bonds is 17. The molecule has 1 heterocycles. The molecule has 4 N–H and O–H groups in total. The van der Waals surface area contributed by atoms with Crippen molar-refractivity contribution in [2.75, 3.05) is 6.61 Å². The Labute approximate surface area is 201 Å². The van der Waals surface area contributed by atoms with E-state index in [1.54, 1.807) is 0 Å². The molecule has 0 aromatic heterocycles. The minimum atomic E-state index is -1.34. The lowest BCUT2D eigenvalue weighted by molar-refractivity contribution is -0.231. The highest BCUT2D eigenvalue weighted by atomic mass is 16.5. The van der Waals surface area contributed by atoms with Gasteiger partial charge in [0.05, 0.1) is 6.61 Å². The number of hydrogen-bond acceptors (Lipinski definition) is 5. The van der Waals surface area contributed by atoms with Crippen LogP contribution in [0.4, 0.5) is 0 Å². The molecule has 5 atom stereocenters. The van der Waals surface area contributed by atoms with Crippen molar-refractivity contribution in [1.82, 2.24) is 0 Å². The van der Waals surface area contributed by atoms with E-state index < -0.39 is 37.1 Å². The third kappa shape index (κ3) is 9.65. The first kappa shape index (κ1) is 28.3. The van der Waals surface area contributed by atoms with E-state index in [-0.39, 0.29) is 0 Å². The Morgan fingerprint density at radius 3 is 1.73 bits per heavy atom. The normalized spacial score (nSPS) is 25.4. The van der Waals surface area contributed by atoms with Gasteiger partial charge < -0.3 is 25.2 Å². The largest absolute Gasteiger partial charge is 0.394 e. The van der Waals surface area contributed by atoms with Gasteiger partial charge in [0, 0.05) is 0 Å². The lowest BCUT2D eigenvalue weighted by atomic mass is 9.88. The van der Waals surface area contributed by atoms with Crippen molar-refractivity contribution in [2.45, 2.75) is 134 Å². The summed E-state index contributed by atoms with van der Waals surface area (Å²) in [6, 6.07) is 7.82. The number of aliphatic hydroxyl groups excluding tert-OH is 4. The average Bonchev–Trinajstić information content (AvgIpc) is 2.83. The highest BCUT2D eigenvalue weighted by Crippen LogP contribution is 2.34. The fourth-order valence-corrected chi connectivity index (χ4v) is 4.91. The molecular weight excluding hydrogens is 416 g/mol. The molecule has 0 aliphatic carbocycles.